The summed E-state index contributed by atoms with van der Waals surface area (Å²) in [5.41, 5.74) is 1.02. The van der Waals surface area contributed by atoms with Crippen LogP contribution in [0, 0.1) is 0 Å². The molecular weight excluding hydrogens is 249 g/mol. The molecule has 1 heterocycles. The average molecular weight is 261 g/mol. The van der Waals surface area contributed by atoms with Gasteiger partial charge in [-0.25, -0.2) is 0 Å². The van der Waals surface area contributed by atoms with Crippen LogP contribution in [0.3, 0.4) is 0 Å². The van der Waals surface area contributed by atoms with Gasteiger partial charge in [0.2, 0.25) is 0 Å². The van der Waals surface area contributed by atoms with Crippen LogP contribution >= 0.6 is 11.3 Å². The number of thiophene rings is 1. The standard InChI is InChI=1S/C12H12BNO3S/c15-12(10-6-7-11(18-10)13(16)17)14-8-9-4-2-1-3-5-9/h1-7,16-17H,8H2,(H,14,15). The van der Waals surface area contributed by atoms with Crippen LogP contribution in [0.15, 0.2) is 42.5 Å². The molecule has 0 radical (unpaired) electrons. The number of benzene rings is 1. The third kappa shape index (κ3) is 3.19. The molecule has 0 aliphatic carbocycles. The van der Waals surface area contributed by atoms with E-state index in [0.717, 1.165) is 16.9 Å². The summed E-state index contributed by atoms with van der Waals surface area (Å²) in [4.78, 5) is 12.3. The van der Waals surface area contributed by atoms with Gasteiger partial charge in [-0.05, 0) is 11.6 Å². The van der Waals surface area contributed by atoms with E-state index in [1.54, 1.807) is 6.07 Å². The molecular formula is C12H12BNO3S. The van der Waals surface area contributed by atoms with E-state index < -0.39 is 7.12 Å². The number of amides is 1. The smallest absolute Gasteiger partial charge is 0.423 e. The first-order valence-corrected chi connectivity index (χ1v) is 6.26. The van der Waals surface area contributed by atoms with Crippen LogP contribution in [0.2, 0.25) is 0 Å². The molecule has 1 aromatic carbocycles. The fourth-order valence-corrected chi connectivity index (χ4v) is 2.28. The van der Waals surface area contributed by atoms with Gasteiger partial charge in [0.1, 0.15) is 0 Å². The molecule has 0 saturated heterocycles. The van der Waals surface area contributed by atoms with Crippen molar-refractivity contribution in [2.75, 3.05) is 0 Å². The fourth-order valence-electron chi connectivity index (χ4n) is 1.48. The molecule has 0 saturated carbocycles. The second kappa shape index (κ2) is 5.81. The Balaban J connectivity index is 1.95. The minimum atomic E-state index is -1.52. The number of nitrogens with one attached hydrogen (secondary N) is 1. The summed E-state index contributed by atoms with van der Waals surface area (Å²) < 4.78 is 0.361. The van der Waals surface area contributed by atoms with E-state index in [1.165, 1.54) is 6.07 Å². The van der Waals surface area contributed by atoms with Crippen LogP contribution in [0.25, 0.3) is 0 Å². The maximum Gasteiger partial charge on any atom is 0.499 e. The number of carbonyl (C=O) groups is 1. The van der Waals surface area contributed by atoms with Crippen molar-refractivity contribution in [2.45, 2.75) is 6.54 Å². The normalized spacial score (nSPS) is 10.1. The Hall–Kier alpha value is -1.63. The molecule has 4 nitrogen and oxygen atoms in total. The minimum absolute atomic E-state index is 0.212. The molecule has 0 spiro atoms. The van der Waals surface area contributed by atoms with Gasteiger partial charge in [0.15, 0.2) is 0 Å². The lowest BCUT2D eigenvalue weighted by atomic mass is 9.90. The van der Waals surface area contributed by atoms with Gasteiger partial charge in [-0.3, -0.25) is 4.79 Å². The summed E-state index contributed by atoms with van der Waals surface area (Å²) in [6, 6.07) is 12.7. The Morgan fingerprint density at radius 3 is 2.50 bits per heavy atom. The fraction of sp³-hybridized carbons (Fsp3) is 0.0833. The molecule has 2 aromatic rings. The van der Waals surface area contributed by atoms with Crippen LogP contribution in [-0.2, 0) is 6.54 Å². The van der Waals surface area contributed by atoms with E-state index in [-0.39, 0.29) is 5.91 Å². The maximum absolute atomic E-state index is 11.8. The van der Waals surface area contributed by atoms with Gasteiger partial charge in [-0.15, -0.1) is 11.3 Å². The average Bonchev–Trinajstić information content (AvgIpc) is 2.87. The quantitative estimate of drug-likeness (QED) is 0.696. The molecule has 0 aliphatic rings. The molecule has 6 heteroatoms. The molecule has 0 atom stereocenters. The highest BCUT2D eigenvalue weighted by molar-refractivity contribution is 7.23. The molecule has 0 unspecified atom stereocenters. The van der Waals surface area contributed by atoms with Crippen LogP contribution < -0.4 is 10.1 Å². The molecule has 0 bridgehead atoms. The van der Waals surface area contributed by atoms with Crippen molar-refractivity contribution in [3.05, 3.63) is 52.9 Å². The number of hydrogen-bond donors (Lipinski definition) is 3. The van der Waals surface area contributed by atoms with Crippen LogP contribution in [-0.4, -0.2) is 23.1 Å². The molecule has 3 N–H and O–H groups in total. The van der Waals surface area contributed by atoms with Gasteiger partial charge in [0.25, 0.3) is 5.91 Å². The molecule has 0 aliphatic heterocycles. The summed E-state index contributed by atoms with van der Waals surface area (Å²) in [7, 11) is -1.52. The third-order valence-electron chi connectivity index (χ3n) is 2.40. The molecule has 0 fully saturated rings. The highest BCUT2D eigenvalue weighted by atomic mass is 32.1. The third-order valence-corrected chi connectivity index (χ3v) is 3.52. The first kappa shape index (κ1) is 12.8. The van der Waals surface area contributed by atoms with Gasteiger partial charge in [-0.1, -0.05) is 36.4 Å². The van der Waals surface area contributed by atoms with Crippen LogP contribution in [0.5, 0.6) is 0 Å². The Kier molecular flexibility index (Phi) is 4.14. The van der Waals surface area contributed by atoms with E-state index in [2.05, 4.69) is 5.32 Å². The number of rotatable bonds is 4. The highest BCUT2D eigenvalue weighted by Gasteiger charge is 2.16. The van der Waals surface area contributed by atoms with Crippen molar-refractivity contribution < 1.29 is 14.8 Å². The molecule has 2 rings (SSSR count). The van der Waals surface area contributed by atoms with Crippen LogP contribution in [0.4, 0.5) is 0 Å². The lowest BCUT2D eigenvalue weighted by Crippen LogP contribution is -2.26. The van der Waals surface area contributed by atoms with E-state index in [9.17, 15) is 4.79 Å². The SMILES string of the molecule is O=C(NCc1ccccc1)c1ccc(B(O)O)s1. The van der Waals surface area contributed by atoms with Gasteiger partial charge in [0, 0.05) is 11.3 Å². The van der Waals surface area contributed by atoms with E-state index >= 15 is 0 Å². The lowest BCUT2D eigenvalue weighted by Gasteiger charge is -2.03. The van der Waals surface area contributed by atoms with E-state index in [4.69, 9.17) is 10.0 Å². The van der Waals surface area contributed by atoms with Crippen molar-refractivity contribution in [3.8, 4) is 0 Å². The van der Waals surface area contributed by atoms with Crippen molar-refractivity contribution in [1.82, 2.24) is 5.32 Å². The van der Waals surface area contributed by atoms with Gasteiger partial charge in [0.05, 0.1) is 4.88 Å². The summed E-state index contributed by atoms with van der Waals surface area (Å²) in [5, 5.41) is 20.7. The molecule has 1 amide bonds. The zero-order chi connectivity index (χ0) is 13.0. The zero-order valence-corrected chi connectivity index (χ0v) is 10.4. The first-order valence-electron chi connectivity index (χ1n) is 5.45. The predicted molar refractivity (Wildman–Crippen MR) is 71.8 cm³/mol. The molecule has 1 aromatic heterocycles. The highest BCUT2D eigenvalue weighted by Crippen LogP contribution is 2.07. The second-order valence-corrected chi connectivity index (χ2v) is 4.86. The Morgan fingerprint density at radius 2 is 1.89 bits per heavy atom. The summed E-state index contributed by atoms with van der Waals surface area (Å²) >= 11 is 1.07. The Morgan fingerprint density at radius 1 is 1.17 bits per heavy atom. The maximum atomic E-state index is 11.8. The minimum Gasteiger partial charge on any atom is -0.423 e. The topological polar surface area (TPSA) is 69.6 Å². The zero-order valence-electron chi connectivity index (χ0n) is 9.54. The second-order valence-electron chi connectivity index (χ2n) is 3.74. The summed E-state index contributed by atoms with van der Waals surface area (Å²) in [5.74, 6) is -0.212. The summed E-state index contributed by atoms with van der Waals surface area (Å²) in [6.45, 7) is 0.453. The Labute approximate surface area is 109 Å². The number of hydrogen-bond acceptors (Lipinski definition) is 4. The van der Waals surface area contributed by atoms with Crippen LogP contribution in [0.1, 0.15) is 15.2 Å². The predicted octanol–water partition coefficient (Wildman–Crippen LogP) is 0.358. The molecule has 92 valence electrons. The lowest BCUT2D eigenvalue weighted by molar-refractivity contribution is 0.0955. The van der Waals surface area contributed by atoms with E-state index in [1.807, 2.05) is 30.3 Å². The van der Waals surface area contributed by atoms with Gasteiger partial charge in [-0.2, -0.15) is 0 Å². The van der Waals surface area contributed by atoms with Crippen molar-refractivity contribution in [1.29, 1.82) is 0 Å². The van der Waals surface area contributed by atoms with Crippen molar-refractivity contribution in [2.24, 2.45) is 0 Å². The number of carbonyl (C=O) groups excluding carboxylic acids is 1. The van der Waals surface area contributed by atoms with Gasteiger partial charge >= 0.3 is 7.12 Å². The van der Waals surface area contributed by atoms with E-state index in [0.29, 0.717) is 16.2 Å². The summed E-state index contributed by atoms with van der Waals surface area (Å²) in [6.07, 6.45) is 0. The van der Waals surface area contributed by atoms with Crippen molar-refractivity contribution >= 4 is 29.1 Å². The first-order chi connectivity index (χ1) is 8.66. The monoisotopic (exact) mass is 261 g/mol. The largest absolute Gasteiger partial charge is 0.499 e. The molecule has 18 heavy (non-hydrogen) atoms. The van der Waals surface area contributed by atoms with Gasteiger partial charge < -0.3 is 15.4 Å². The Bertz CT molecular complexity index is 527. The van der Waals surface area contributed by atoms with Crippen molar-refractivity contribution in [3.63, 3.8) is 0 Å².